The van der Waals surface area contributed by atoms with Gasteiger partial charge in [0.15, 0.2) is 18.1 Å². The summed E-state index contributed by atoms with van der Waals surface area (Å²) < 4.78 is 48.7. The van der Waals surface area contributed by atoms with E-state index in [0.29, 0.717) is 19.4 Å². The lowest BCUT2D eigenvalue weighted by Crippen LogP contribution is -2.25. The smallest absolute Gasteiger partial charge is 0.422 e. The lowest BCUT2D eigenvalue weighted by Gasteiger charge is -2.13. The van der Waals surface area contributed by atoms with E-state index in [2.05, 4.69) is 10.4 Å². The number of halogens is 3. The van der Waals surface area contributed by atoms with Gasteiger partial charge < -0.3 is 14.8 Å². The number of alkyl halides is 3. The largest absolute Gasteiger partial charge is 0.493 e. The Hall–Kier alpha value is -3.49. The van der Waals surface area contributed by atoms with Gasteiger partial charge in [0, 0.05) is 25.4 Å². The highest BCUT2D eigenvalue weighted by molar-refractivity contribution is 5.76. The molecule has 0 fully saturated rings. The summed E-state index contributed by atoms with van der Waals surface area (Å²) in [4.78, 5) is 12.1. The first-order chi connectivity index (χ1) is 15.3. The van der Waals surface area contributed by atoms with E-state index in [1.54, 1.807) is 23.0 Å². The third-order valence-corrected chi connectivity index (χ3v) is 4.70. The van der Waals surface area contributed by atoms with Gasteiger partial charge in [-0.3, -0.25) is 4.79 Å². The number of carbonyl (C=O) groups excluding carboxylic acids is 1. The minimum atomic E-state index is -4.43. The van der Waals surface area contributed by atoms with Gasteiger partial charge in [0.25, 0.3) is 0 Å². The fraction of sp³-hybridized carbons (Fsp3) is 0.304. The minimum Gasteiger partial charge on any atom is -0.493 e. The molecule has 32 heavy (non-hydrogen) atoms. The van der Waals surface area contributed by atoms with Crippen molar-refractivity contribution in [1.29, 1.82) is 0 Å². The number of amides is 1. The fourth-order valence-corrected chi connectivity index (χ4v) is 3.08. The SMILES string of the molecule is COc1cc(CCC(=O)NCCc2ccc(-n3cccn3)cc2)ccc1OCC(F)(F)F. The number of ether oxygens (including phenoxy) is 2. The van der Waals surface area contributed by atoms with Gasteiger partial charge >= 0.3 is 6.18 Å². The van der Waals surface area contributed by atoms with Crippen molar-refractivity contribution in [3.63, 3.8) is 0 Å². The topological polar surface area (TPSA) is 65.4 Å². The van der Waals surface area contributed by atoms with Crippen molar-refractivity contribution in [3.8, 4) is 17.2 Å². The van der Waals surface area contributed by atoms with Crippen LogP contribution in [0.4, 0.5) is 13.2 Å². The van der Waals surface area contributed by atoms with Crippen LogP contribution in [-0.4, -0.2) is 42.1 Å². The molecule has 0 bridgehead atoms. The van der Waals surface area contributed by atoms with Crippen molar-refractivity contribution in [1.82, 2.24) is 15.1 Å². The maximum atomic E-state index is 12.3. The van der Waals surface area contributed by atoms with E-state index in [-0.39, 0.29) is 23.8 Å². The summed E-state index contributed by atoms with van der Waals surface area (Å²) in [5, 5.41) is 7.06. The first-order valence-corrected chi connectivity index (χ1v) is 10.1. The molecule has 9 heteroatoms. The molecule has 0 aliphatic heterocycles. The average Bonchev–Trinajstić information content (AvgIpc) is 3.31. The molecule has 0 atom stereocenters. The van der Waals surface area contributed by atoms with Crippen molar-refractivity contribution in [3.05, 3.63) is 72.1 Å². The second-order valence-electron chi connectivity index (χ2n) is 7.11. The first kappa shape index (κ1) is 23.2. The number of nitrogens with zero attached hydrogens (tertiary/aromatic N) is 2. The van der Waals surface area contributed by atoms with E-state index in [1.807, 2.05) is 36.5 Å². The quantitative estimate of drug-likeness (QED) is 0.508. The predicted molar refractivity (Wildman–Crippen MR) is 113 cm³/mol. The highest BCUT2D eigenvalue weighted by Crippen LogP contribution is 2.30. The Morgan fingerprint density at radius 3 is 2.47 bits per heavy atom. The van der Waals surface area contributed by atoms with Crippen LogP contribution >= 0.6 is 0 Å². The number of rotatable bonds is 10. The maximum Gasteiger partial charge on any atom is 0.422 e. The van der Waals surface area contributed by atoms with Gasteiger partial charge in [-0.25, -0.2) is 4.68 Å². The summed E-state index contributed by atoms with van der Waals surface area (Å²) in [6.07, 6.45) is 0.543. The van der Waals surface area contributed by atoms with Gasteiger partial charge in [0.1, 0.15) is 0 Å². The van der Waals surface area contributed by atoms with E-state index in [1.165, 1.54) is 13.2 Å². The molecule has 2 aromatic carbocycles. The van der Waals surface area contributed by atoms with Crippen LogP contribution in [0.25, 0.3) is 5.69 Å². The summed E-state index contributed by atoms with van der Waals surface area (Å²) in [5.74, 6) is 0.108. The minimum absolute atomic E-state index is 0.0107. The molecule has 3 aromatic rings. The molecule has 1 N–H and O–H groups in total. The van der Waals surface area contributed by atoms with E-state index in [4.69, 9.17) is 9.47 Å². The molecule has 3 rings (SSSR count). The normalized spacial score (nSPS) is 11.2. The summed E-state index contributed by atoms with van der Waals surface area (Å²) in [6, 6.07) is 14.4. The zero-order valence-corrected chi connectivity index (χ0v) is 17.6. The molecule has 0 aliphatic rings. The number of carbonyl (C=O) groups is 1. The summed E-state index contributed by atoms with van der Waals surface area (Å²) in [5.41, 5.74) is 2.83. The van der Waals surface area contributed by atoms with Crippen molar-refractivity contribution >= 4 is 5.91 Å². The number of aryl methyl sites for hydroxylation is 1. The zero-order chi connectivity index (χ0) is 23.0. The molecule has 0 spiro atoms. The Kier molecular flexibility index (Phi) is 7.75. The van der Waals surface area contributed by atoms with Crippen LogP contribution in [0, 0.1) is 0 Å². The lowest BCUT2D eigenvalue weighted by molar-refractivity contribution is -0.153. The van der Waals surface area contributed by atoms with Crippen LogP contribution in [0.3, 0.4) is 0 Å². The molecule has 0 saturated heterocycles. The van der Waals surface area contributed by atoms with Gasteiger partial charge in [-0.1, -0.05) is 18.2 Å². The Morgan fingerprint density at radius 1 is 1.06 bits per heavy atom. The number of hydrogen-bond donors (Lipinski definition) is 1. The Bertz CT molecular complexity index is 1000. The Morgan fingerprint density at radius 2 is 1.81 bits per heavy atom. The van der Waals surface area contributed by atoms with E-state index < -0.39 is 12.8 Å². The molecule has 0 saturated carbocycles. The van der Waals surface area contributed by atoms with Crippen molar-refractivity contribution in [2.24, 2.45) is 0 Å². The molecule has 1 amide bonds. The molecular formula is C23H24F3N3O3. The van der Waals surface area contributed by atoms with Crippen molar-refractivity contribution < 1.29 is 27.4 Å². The van der Waals surface area contributed by atoms with Gasteiger partial charge in [-0.15, -0.1) is 0 Å². The molecular weight excluding hydrogens is 423 g/mol. The van der Waals surface area contributed by atoms with Gasteiger partial charge in [0.05, 0.1) is 12.8 Å². The van der Waals surface area contributed by atoms with Crippen molar-refractivity contribution in [2.45, 2.75) is 25.4 Å². The van der Waals surface area contributed by atoms with Gasteiger partial charge in [-0.2, -0.15) is 18.3 Å². The van der Waals surface area contributed by atoms with Crippen LogP contribution in [0.5, 0.6) is 11.5 Å². The second-order valence-corrected chi connectivity index (χ2v) is 7.11. The molecule has 0 radical (unpaired) electrons. The number of nitrogens with one attached hydrogen (secondary N) is 1. The molecule has 6 nitrogen and oxygen atoms in total. The molecule has 0 aliphatic carbocycles. The number of benzene rings is 2. The Balaban J connectivity index is 1.42. The number of hydrogen-bond acceptors (Lipinski definition) is 4. The third-order valence-electron chi connectivity index (χ3n) is 4.70. The monoisotopic (exact) mass is 447 g/mol. The Labute approximate surface area is 184 Å². The fourth-order valence-electron chi connectivity index (χ4n) is 3.08. The molecule has 170 valence electrons. The van der Waals surface area contributed by atoms with Crippen LogP contribution in [-0.2, 0) is 17.6 Å². The summed E-state index contributed by atoms with van der Waals surface area (Å²) in [6.45, 7) is -0.884. The summed E-state index contributed by atoms with van der Waals surface area (Å²) >= 11 is 0. The predicted octanol–water partition coefficient (Wildman–Crippen LogP) is 4.11. The maximum absolute atomic E-state index is 12.3. The number of methoxy groups -OCH3 is 1. The van der Waals surface area contributed by atoms with Crippen molar-refractivity contribution in [2.75, 3.05) is 20.3 Å². The lowest BCUT2D eigenvalue weighted by atomic mass is 10.1. The van der Waals surface area contributed by atoms with Gasteiger partial charge in [-0.05, 0) is 54.3 Å². The molecule has 0 unspecified atom stereocenters. The third kappa shape index (κ3) is 7.04. The van der Waals surface area contributed by atoms with Crippen LogP contribution in [0.2, 0.25) is 0 Å². The van der Waals surface area contributed by atoms with Crippen LogP contribution in [0.15, 0.2) is 60.9 Å². The average molecular weight is 447 g/mol. The van der Waals surface area contributed by atoms with E-state index in [0.717, 1.165) is 16.8 Å². The molecule has 1 heterocycles. The standard InChI is InChI=1S/C23H24F3N3O3/c1-31-21-15-18(5-9-20(21)32-16-23(24,25)26)6-10-22(30)27-13-11-17-3-7-19(8-4-17)29-14-2-12-28-29/h2-5,7-9,12,14-15H,6,10-11,13,16H2,1H3,(H,27,30). The first-order valence-electron chi connectivity index (χ1n) is 10.1. The number of aromatic nitrogens is 2. The summed E-state index contributed by atoms with van der Waals surface area (Å²) in [7, 11) is 1.36. The van der Waals surface area contributed by atoms with E-state index in [9.17, 15) is 18.0 Å². The van der Waals surface area contributed by atoms with E-state index >= 15 is 0 Å². The zero-order valence-electron chi connectivity index (χ0n) is 17.6. The second kappa shape index (κ2) is 10.7. The van der Waals surface area contributed by atoms with Crippen LogP contribution < -0.4 is 14.8 Å². The molecule has 1 aromatic heterocycles. The highest BCUT2D eigenvalue weighted by atomic mass is 19.4. The van der Waals surface area contributed by atoms with Gasteiger partial charge in [0.2, 0.25) is 5.91 Å². The highest BCUT2D eigenvalue weighted by Gasteiger charge is 2.29. The van der Waals surface area contributed by atoms with Crippen LogP contribution in [0.1, 0.15) is 17.5 Å².